The molecule has 0 radical (unpaired) electrons. The Hall–Kier alpha value is -2.60. The molecule has 0 aromatic heterocycles. The molecule has 128 valence electrons. The number of nitrogens with one attached hydrogen (secondary N) is 2. The predicted octanol–water partition coefficient (Wildman–Crippen LogP) is 3.06. The standard InChI is InChI=1S/C17H19ClN2O4/c1-22-14-6-8-15(9-7-14)23-11-10-19-17(21)20-12-24-16-4-2-13(18)3-5-16/h2-9H,10-12H2,1H3,(H2,19,20,21). The molecule has 0 spiro atoms. The molecule has 24 heavy (non-hydrogen) atoms. The summed E-state index contributed by atoms with van der Waals surface area (Å²) in [4.78, 5) is 11.6. The fourth-order valence-electron chi connectivity index (χ4n) is 1.78. The SMILES string of the molecule is COc1ccc(OCCNC(=O)NCOc2ccc(Cl)cc2)cc1. The molecule has 0 bridgehead atoms. The van der Waals surface area contributed by atoms with Crippen LogP contribution in [0.2, 0.25) is 5.02 Å². The maximum absolute atomic E-state index is 11.6. The number of urea groups is 1. The van der Waals surface area contributed by atoms with Crippen molar-refractivity contribution in [3.63, 3.8) is 0 Å². The van der Waals surface area contributed by atoms with Crippen LogP contribution >= 0.6 is 11.6 Å². The first-order valence-electron chi connectivity index (χ1n) is 7.34. The normalized spacial score (nSPS) is 9.92. The number of rotatable bonds is 8. The zero-order valence-electron chi connectivity index (χ0n) is 13.3. The van der Waals surface area contributed by atoms with E-state index in [2.05, 4.69) is 10.6 Å². The van der Waals surface area contributed by atoms with Gasteiger partial charge in [-0.15, -0.1) is 0 Å². The van der Waals surface area contributed by atoms with Crippen molar-refractivity contribution in [1.29, 1.82) is 0 Å². The largest absolute Gasteiger partial charge is 0.497 e. The van der Waals surface area contributed by atoms with E-state index in [-0.39, 0.29) is 12.8 Å². The molecule has 0 heterocycles. The van der Waals surface area contributed by atoms with Crippen molar-refractivity contribution in [2.24, 2.45) is 0 Å². The maximum Gasteiger partial charge on any atom is 0.317 e. The van der Waals surface area contributed by atoms with Crippen LogP contribution in [0.1, 0.15) is 0 Å². The molecule has 0 unspecified atom stereocenters. The maximum atomic E-state index is 11.6. The zero-order valence-corrected chi connectivity index (χ0v) is 14.0. The Morgan fingerprint density at radius 2 is 1.50 bits per heavy atom. The second kappa shape index (κ2) is 9.52. The quantitative estimate of drug-likeness (QED) is 0.567. The molecule has 2 aromatic carbocycles. The number of halogens is 1. The van der Waals surface area contributed by atoms with Crippen LogP contribution < -0.4 is 24.8 Å². The van der Waals surface area contributed by atoms with Crippen LogP contribution in [0.15, 0.2) is 48.5 Å². The molecule has 0 saturated heterocycles. The third kappa shape index (κ3) is 6.26. The highest BCUT2D eigenvalue weighted by Gasteiger charge is 2.00. The lowest BCUT2D eigenvalue weighted by Crippen LogP contribution is -2.39. The summed E-state index contributed by atoms with van der Waals surface area (Å²) < 4.78 is 15.9. The number of carbonyl (C=O) groups is 1. The molecular formula is C17H19ClN2O4. The summed E-state index contributed by atoms with van der Waals surface area (Å²) in [6.45, 7) is 0.795. The summed E-state index contributed by atoms with van der Waals surface area (Å²) >= 11 is 5.77. The van der Waals surface area contributed by atoms with Crippen molar-refractivity contribution < 1.29 is 19.0 Å². The molecule has 2 aromatic rings. The molecule has 2 rings (SSSR count). The molecule has 0 aliphatic heterocycles. The first-order valence-corrected chi connectivity index (χ1v) is 7.72. The molecule has 2 amide bonds. The van der Waals surface area contributed by atoms with E-state index < -0.39 is 0 Å². The third-order valence-corrected chi connectivity index (χ3v) is 3.25. The Morgan fingerprint density at radius 3 is 2.17 bits per heavy atom. The molecule has 0 aliphatic carbocycles. The van der Waals surface area contributed by atoms with Crippen LogP contribution in [0.3, 0.4) is 0 Å². The molecule has 0 fully saturated rings. The average Bonchev–Trinajstić information content (AvgIpc) is 2.61. The Bertz CT molecular complexity index is 632. The average molecular weight is 351 g/mol. The first-order chi connectivity index (χ1) is 11.7. The molecular weight excluding hydrogens is 332 g/mol. The molecule has 6 nitrogen and oxygen atoms in total. The van der Waals surface area contributed by atoms with Crippen LogP contribution in [0, 0.1) is 0 Å². The minimum Gasteiger partial charge on any atom is -0.497 e. The predicted molar refractivity (Wildman–Crippen MR) is 92.0 cm³/mol. The topological polar surface area (TPSA) is 68.8 Å². The number of carbonyl (C=O) groups excluding carboxylic acids is 1. The van der Waals surface area contributed by atoms with Gasteiger partial charge in [-0.1, -0.05) is 11.6 Å². The zero-order chi connectivity index (χ0) is 17.2. The van der Waals surface area contributed by atoms with Gasteiger partial charge in [0.2, 0.25) is 0 Å². The van der Waals surface area contributed by atoms with Crippen LogP contribution in [0.4, 0.5) is 4.79 Å². The molecule has 0 aliphatic rings. The Balaban J connectivity index is 1.56. The highest BCUT2D eigenvalue weighted by molar-refractivity contribution is 6.30. The Kier molecular flexibility index (Phi) is 7.04. The summed E-state index contributed by atoms with van der Waals surface area (Å²) in [5.41, 5.74) is 0. The van der Waals surface area contributed by atoms with Crippen LogP contribution in [0.25, 0.3) is 0 Å². The van der Waals surface area contributed by atoms with E-state index in [0.29, 0.717) is 29.7 Å². The minimum atomic E-state index is -0.331. The van der Waals surface area contributed by atoms with E-state index in [4.69, 9.17) is 25.8 Å². The van der Waals surface area contributed by atoms with Gasteiger partial charge in [-0.3, -0.25) is 0 Å². The fourth-order valence-corrected chi connectivity index (χ4v) is 1.91. The summed E-state index contributed by atoms with van der Waals surface area (Å²) in [7, 11) is 1.61. The van der Waals surface area contributed by atoms with E-state index in [1.807, 2.05) is 12.1 Å². The summed E-state index contributed by atoms with van der Waals surface area (Å²) in [6, 6.07) is 13.8. The lowest BCUT2D eigenvalue weighted by molar-refractivity contribution is 0.220. The van der Waals surface area contributed by atoms with Crippen molar-refractivity contribution in [3.8, 4) is 17.2 Å². The van der Waals surface area contributed by atoms with Crippen molar-refractivity contribution in [1.82, 2.24) is 10.6 Å². The van der Waals surface area contributed by atoms with Gasteiger partial charge in [0.1, 0.15) is 23.9 Å². The number of methoxy groups -OCH3 is 1. The number of benzene rings is 2. The molecule has 0 saturated carbocycles. The highest BCUT2D eigenvalue weighted by atomic mass is 35.5. The van der Waals surface area contributed by atoms with Crippen molar-refractivity contribution >= 4 is 17.6 Å². The van der Waals surface area contributed by atoms with Crippen molar-refractivity contribution in [2.75, 3.05) is 27.0 Å². The van der Waals surface area contributed by atoms with Gasteiger partial charge >= 0.3 is 6.03 Å². The van der Waals surface area contributed by atoms with Gasteiger partial charge in [-0.05, 0) is 48.5 Å². The van der Waals surface area contributed by atoms with E-state index in [9.17, 15) is 4.79 Å². The summed E-state index contributed by atoms with van der Waals surface area (Å²) in [5.74, 6) is 2.10. The van der Waals surface area contributed by atoms with Crippen molar-refractivity contribution in [3.05, 3.63) is 53.6 Å². The van der Waals surface area contributed by atoms with Gasteiger partial charge in [0.15, 0.2) is 6.73 Å². The fraction of sp³-hybridized carbons (Fsp3) is 0.235. The number of amides is 2. The molecule has 0 atom stereocenters. The molecule has 7 heteroatoms. The van der Waals surface area contributed by atoms with Gasteiger partial charge in [0.05, 0.1) is 13.7 Å². The number of hydrogen-bond acceptors (Lipinski definition) is 4. The van der Waals surface area contributed by atoms with Crippen LogP contribution in [0.5, 0.6) is 17.2 Å². The van der Waals surface area contributed by atoms with E-state index in [0.717, 1.165) is 5.75 Å². The highest BCUT2D eigenvalue weighted by Crippen LogP contribution is 2.16. The van der Waals surface area contributed by atoms with Gasteiger partial charge in [-0.2, -0.15) is 0 Å². The van der Waals surface area contributed by atoms with Gasteiger partial charge in [-0.25, -0.2) is 4.79 Å². The van der Waals surface area contributed by atoms with E-state index >= 15 is 0 Å². The van der Waals surface area contributed by atoms with E-state index in [1.165, 1.54) is 0 Å². The Morgan fingerprint density at radius 1 is 0.917 bits per heavy atom. The second-order valence-corrected chi connectivity index (χ2v) is 5.14. The minimum absolute atomic E-state index is 0.0623. The summed E-state index contributed by atoms with van der Waals surface area (Å²) in [5, 5.41) is 5.88. The van der Waals surface area contributed by atoms with Crippen LogP contribution in [-0.2, 0) is 0 Å². The van der Waals surface area contributed by atoms with E-state index in [1.54, 1.807) is 43.5 Å². The lowest BCUT2D eigenvalue weighted by atomic mass is 10.3. The monoisotopic (exact) mass is 350 g/mol. The summed E-state index contributed by atoms with van der Waals surface area (Å²) in [6.07, 6.45) is 0. The Labute approximate surface area is 145 Å². The van der Waals surface area contributed by atoms with Gasteiger partial charge in [0.25, 0.3) is 0 Å². The number of ether oxygens (including phenoxy) is 3. The van der Waals surface area contributed by atoms with Gasteiger partial charge in [0, 0.05) is 5.02 Å². The second-order valence-electron chi connectivity index (χ2n) is 4.70. The van der Waals surface area contributed by atoms with Crippen LogP contribution in [-0.4, -0.2) is 33.0 Å². The first kappa shape index (κ1) is 17.7. The van der Waals surface area contributed by atoms with Crippen molar-refractivity contribution in [2.45, 2.75) is 0 Å². The molecule has 2 N–H and O–H groups in total. The lowest BCUT2D eigenvalue weighted by Gasteiger charge is -2.10. The van der Waals surface area contributed by atoms with Gasteiger partial charge < -0.3 is 24.8 Å². The smallest absolute Gasteiger partial charge is 0.317 e. The third-order valence-electron chi connectivity index (χ3n) is 3.00. The number of hydrogen-bond donors (Lipinski definition) is 2.